The first-order valence-corrected chi connectivity index (χ1v) is 8.62. The number of carbonyl (C=O) groups is 1. The average molecular weight is 356 g/mol. The molecule has 3 rings (SSSR count). The summed E-state index contributed by atoms with van der Waals surface area (Å²) in [7, 11) is 0. The number of carbonyl (C=O) groups excluding carboxylic acids is 1. The van der Waals surface area contributed by atoms with E-state index in [-0.39, 0.29) is 24.7 Å². The molecule has 128 valence electrons. The lowest BCUT2D eigenvalue weighted by Crippen LogP contribution is -2.25. The third-order valence-corrected chi connectivity index (χ3v) is 4.28. The van der Waals surface area contributed by atoms with Crippen LogP contribution in [0.4, 0.5) is 15.3 Å². The number of thiazole rings is 1. The largest absolute Gasteiger partial charge is 0.352 e. The molecule has 3 aromatic rings. The molecule has 0 saturated heterocycles. The molecule has 1 aromatic carbocycles. The predicted molar refractivity (Wildman–Crippen MR) is 96.3 cm³/mol. The Labute approximate surface area is 149 Å². The van der Waals surface area contributed by atoms with E-state index in [1.807, 2.05) is 24.4 Å². The van der Waals surface area contributed by atoms with E-state index in [1.54, 1.807) is 24.4 Å². The van der Waals surface area contributed by atoms with Gasteiger partial charge in [-0.05, 0) is 30.7 Å². The fourth-order valence-electron chi connectivity index (χ4n) is 2.22. The summed E-state index contributed by atoms with van der Waals surface area (Å²) < 4.78 is 13.5. The van der Waals surface area contributed by atoms with E-state index in [2.05, 4.69) is 20.6 Å². The summed E-state index contributed by atoms with van der Waals surface area (Å²) in [5.41, 5.74) is 2.22. The topological polar surface area (TPSA) is 66.9 Å². The summed E-state index contributed by atoms with van der Waals surface area (Å²) in [6, 6.07) is 10.2. The quantitative estimate of drug-likeness (QED) is 0.708. The van der Waals surface area contributed by atoms with Crippen molar-refractivity contribution in [3.05, 3.63) is 70.6 Å². The number of rotatable bonds is 6. The number of nitrogens with one attached hydrogen (secondary N) is 2. The van der Waals surface area contributed by atoms with Gasteiger partial charge < -0.3 is 10.6 Å². The minimum Gasteiger partial charge on any atom is -0.352 e. The number of nitrogens with zero attached hydrogens (tertiary/aromatic N) is 2. The van der Waals surface area contributed by atoms with Crippen LogP contribution >= 0.6 is 11.3 Å². The Balaban J connectivity index is 1.54. The summed E-state index contributed by atoms with van der Waals surface area (Å²) in [6.45, 7) is 2.15. The molecule has 0 aliphatic carbocycles. The second-order valence-corrected chi connectivity index (χ2v) is 6.39. The molecule has 5 nitrogen and oxygen atoms in total. The Hall–Kier alpha value is -2.80. The molecule has 0 fully saturated rings. The maximum Gasteiger partial charge on any atom is 0.226 e. The fraction of sp³-hybridized carbons (Fsp3) is 0.167. The van der Waals surface area contributed by atoms with Crippen LogP contribution < -0.4 is 10.6 Å². The average Bonchev–Trinajstić information content (AvgIpc) is 3.01. The molecule has 0 unspecified atom stereocenters. The Morgan fingerprint density at radius 2 is 2.12 bits per heavy atom. The van der Waals surface area contributed by atoms with Crippen molar-refractivity contribution in [3.63, 3.8) is 0 Å². The molecular weight excluding hydrogens is 339 g/mol. The molecule has 1 amide bonds. The van der Waals surface area contributed by atoms with Crippen LogP contribution in [-0.2, 0) is 17.8 Å². The van der Waals surface area contributed by atoms with Gasteiger partial charge in [-0.3, -0.25) is 4.79 Å². The Morgan fingerprint density at radius 3 is 2.92 bits per heavy atom. The third-order valence-electron chi connectivity index (χ3n) is 3.48. The van der Waals surface area contributed by atoms with Gasteiger partial charge in [0, 0.05) is 23.7 Å². The minimum absolute atomic E-state index is 0.147. The van der Waals surface area contributed by atoms with E-state index in [9.17, 15) is 9.18 Å². The maximum atomic E-state index is 13.5. The summed E-state index contributed by atoms with van der Waals surface area (Å²) in [6.07, 6.45) is 1.87. The van der Waals surface area contributed by atoms with Crippen LogP contribution in [0.2, 0.25) is 0 Å². The highest BCUT2D eigenvalue weighted by Crippen LogP contribution is 2.20. The SMILES string of the molecule is Cc1ccnc(Nc2nc(CC(=O)NCc3ccccc3F)cs2)c1. The van der Waals surface area contributed by atoms with Crippen molar-refractivity contribution in [2.75, 3.05) is 5.32 Å². The molecule has 0 radical (unpaired) electrons. The maximum absolute atomic E-state index is 13.5. The van der Waals surface area contributed by atoms with E-state index in [1.165, 1.54) is 17.4 Å². The van der Waals surface area contributed by atoms with Crippen LogP contribution in [0.3, 0.4) is 0 Å². The van der Waals surface area contributed by atoms with Crippen LogP contribution in [0.1, 0.15) is 16.8 Å². The van der Waals surface area contributed by atoms with Crippen molar-refractivity contribution < 1.29 is 9.18 Å². The molecule has 0 atom stereocenters. The van der Waals surface area contributed by atoms with Crippen LogP contribution in [0.5, 0.6) is 0 Å². The first kappa shape index (κ1) is 17.0. The third kappa shape index (κ3) is 4.84. The molecule has 25 heavy (non-hydrogen) atoms. The Kier molecular flexibility index (Phi) is 5.35. The van der Waals surface area contributed by atoms with Crippen LogP contribution in [0.25, 0.3) is 0 Å². The number of benzene rings is 1. The van der Waals surface area contributed by atoms with E-state index < -0.39 is 0 Å². The van der Waals surface area contributed by atoms with E-state index in [4.69, 9.17) is 0 Å². The molecule has 7 heteroatoms. The molecular formula is C18H17FN4OS. The lowest BCUT2D eigenvalue weighted by molar-refractivity contribution is -0.120. The van der Waals surface area contributed by atoms with Crippen molar-refractivity contribution in [1.82, 2.24) is 15.3 Å². The van der Waals surface area contributed by atoms with Gasteiger partial charge in [0.15, 0.2) is 5.13 Å². The molecule has 2 N–H and O–H groups in total. The normalized spacial score (nSPS) is 10.5. The van der Waals surface area contributed by atoms with Crippen molar-refractivity contribution in [2.45, 2.75) is 19.9 Å². The van der Waals surface area contributed by atoms with Crippen molar-refractivity contribution in [1.29, 1.82) is 0 Å². The Bertz CT molecular complexity index is 881. The number of pyridine rings is 1. The van der Waals surface area contributed by atoms with Gasteiger partial charge in [-0.15, -0.1) is 11.3 Å². The number of hydrogen-bond acceptors (Lipinski definition) is 5. The number of amides is 1. The highest BCUT2D eigenvalue weighted by atomic mass is 32.1. The van der Waals surface area contributed by atoms with E-state index in [0.29, 0.717) is 22.2 Å². The fourth-order valence-corrected chi connectivity index (χ4v) is 2.94. The number of aromatic nitrogens is 2. The summed E-state index contributed by atoms with van der Waals surface area (Å²) in [5, 5.41) is 8.32. The monoisotopic (exact) mass is 356 g/mol. The second kappa shape index (κ2) is 7.85. The lowest BCUT2D eigenvalue weighted by atomic mass is 10.2. The number of anilines is 2. The summed E-state index contributed by atoms with van der Waals surface area (Å²) in [5.74, 6) is 0.187. The van der Waals surface area contributed by atoms with Gasteiger partial charge in [0.25, 0.3) is 0 Å². The molecule has 0 aliphatic heterocycles. The van der Waals surface area contributed by atoms with Gasteiger partial charge in [0.2, 0.25) is 5.91 Å². The van der Waals surface area contributed by atoms with E-state index >= 15 is 0 Å². The molecule has 2 heterocycles. The Morgan fingerprint density at radius 1 is 1.28 bits per heavy atom. The lowest BCUT2D eigenvalue weighted by Gasteiger charge is -2.05. The number of halogens is 1. The first-order valence-electron chi connectivity index (χ1n) is 7.74. The second-order valence-electron chi connectivity index (χ2n) is 5.53. The summed E-state index contributed by atoms with van der Waals surface area (Å²) in [4.78, 5) is 20.6. The minimum atomic E-state index is -0.325. The molecule has 0 bridgehead atoms. The zero-order valence-electron chi connectivity index (χ0n) is 13.6. The molecule has 0 aliphatic rings. The molecule has 2 aromatic heterocycles. The molecule has 0 spiro atoms. The van der Waals surface area contributed by atoms with Crippen molar-refractivity contribution >= 4 is 28.2 Å². The van der Waals surface area contributed by atoms with Crippen molar-refractivity contribution in [2.24, 2.45) is 0 Å². The van der Waals surface area contributed by atoms with Gasteiger partial charge >= 0.3 is 0 Å². The number of aryl methyl sites for hydroxylation is 1. The standard InChI is InChI=1S/C18H17FN4OS/c1-12-6-7-20-16(8-12)23-18-22-14(11-25-18)9-17(24)21-10-13-4-2-3-5-15(13)19/h2-8,11H,9-10H2,1H3,(H,21,24)(H,20,22,23). The van der Waals surface area contributed by atoms with Crippen LogP contribution in [-0.4, -0.2) is 15.9 Å². The number of hydrogen-bond donors (Lipinski definition) is 2. The van der Waals surface area contributed by atoms with Gasteiger partial charge in [0.1, 0.15) is 11.6 Å². The zero-order valence-corrected chi connectivity index (χ0v) is 14.4. The van der Waals surface area contributed by atoms with Gasteiger partial charge in [-0.25, -0.2) is 14.4 Å². The zero-order chi connectivity index (χ0) is 17.6. The molecule has 0 saturated carbocycles. The van der Waals surface area contributed by atoms with Gasteiger partial charge in [-0.1, -0.05) is 18.2 Å². The highest BCUT2D eigenvalue weighted by molar-refractivity contribution is 7.13. The highest BCUT2D eigenvalue weighted by Gasteiger charge is 2.09. The van der Waals surface area contributed by atoms with Gasteiger partial charge in [-0.2, -0.15) is 0 Å². The smallest absolute Gasteiger partial charge is 0.226 e. The van der Waals surface area contributed by atoms with Crippen molar-refractivity contribution in [3.8, 4) is 0 Å². The van der Waals surface area contributed by atoms with Gasteiger partial charge in [0.05, 0.1) is 12.1 Å². The van der Waals surface area contributed by atoms with E-state index in [0.717, 1.165) is 5.56 Å². The summed E-state index contributed by atoms with van der Waals surface area (Å²) >= 11 is 1.41. The van der Waals surface area contributed by atoms with Crippen LogP contribution in [0.15, 0.2) is 48.0 Å². The van der Waals surface area contributed by atoms with Crippen LogP contribution in [0, 0.1) is 12.7 Å². The first-order chi connectivity index (χ1) is 12.1. The predicted octanol–water partition coefficient (Wildman–Crippen LogP) is 3.59.